The molecule has 80 valence electrons. The molecule has 0 bridgehead atoms. The van der Waals surface area contributed by atoms with Gasteiger partial charge in [0, 0.05) is 22.4 Å². The number of hydrogen-bond acceptors (Lipinski definition) is 1. The molecule has 1 aliphatic heterocycles. The van der Waals surface area contributed by atoms with Crippen molar-refractivity contribution in [1.82, 2.24) is 4.90 Å². The third kappa shape index (κ3) is 2.23. The van der Waals surface area contributed by atoms with Crippen molar-refractivity contribution in [2.24, 2.45) is 5.92 Å². The van der Waals surface area contributed by atoms with Crippen LogP contribution in [-0.4, -0.2) is 27.3 Å². The van der Waals surface area contributed by atoms with Crippen molar-refractivity contribution >= 4 is 28.5 Å². The summed E-state index contributed by atoms with van der Waals surface area (Å²) in [4.78, 5) is 14.0. The molecular formula is C11H18INO. The van der Waals surface area contributed by atoms with Crippen LogP contribution in [0.4, 0.5) is 0 Å². The molecule has 0 radical (unpaired) electrons. The molecule has 0 spiro atoms. The summed E-state index contributed by atoms with van der Waals surface area (Å²) in [6.07, 6.45) is 5.85. The predicted molar refractivity (Wildman–Crippen MR) is 65.6 cm³/mol. The molecule has 14 heavy (non-hydrogen) atoms. The molecule has 1 saturated heterocycles. The molecular weight excluding hydrogens is 289 g/mol. The standard InChI is InChI=1S/C11H18INO/c1-11(12)5-7-13(8-6-11)10(14)9-3-2-4-9/h9H,2-8H2,1H3. The molecule has 2 nitrogen and oxygen atoms in total. The van der Waals surface area contributed by atoms with E-state index >= 15 is 0 Å². The van der Waals surface area contributed by atoms with Gasteiger partial charge in [0.1, 0.15) is 0 Å². The second-order valence-corrected chi connectivity index (χ2v) is 7.47. The van der Waals surface area contributed by atoms with Crippen molar-refractivity contribution in [3.05, 3.63) is 0 Å². The van der Waals surface area contributed by atoms with Crippen LogP contribution in [0.25, 0.3) is 0 Å². The number of halogens is 1. The number of likely N-dealkylation sites (tertiary alicyclic amines) is 1. The van der Waals surface area contributed by atoms with Crippen molar-refractivity contribution in [3.63, 3.8) is 0 Å². The Kier molecular flexibility index (Phi) is 3.05. The van der Waals surface area contributed by atoms with Gasteiger partial charge in [-0.2, -0.15) is 0 Å². The first-order valence-corrected chi connectivity index (χ1v) is 6.64. The van der Waals surface area contributed by atoms with Gasteiger partial charge in [0.05, 0.1) is 0 Å². The fourth-order valence-electron chi connectivity index (χ4n) is 2.11. The molecule has 0 aromatic heterocycles. The number of rotatable bonds is 1. The average Bonchev–Trinajstić information content (AvgIpc) is 2.00. The van der Waals surface area contributed by atoms with E-state index < -0.39 is 0 Å². The van der Waals surface area contributed by atoms with Crippen LogP contribution in [0.3, 0.4) is 0 Å². The topological polar surface area (TPSA) is 20.3 Å². The van der Waals surface area contributed by atoms with Gasteiger partial charge in [0.25, 0.3) is 0 Å². The van der Waals surface area contributed by atoms with E-state index in [0.717, 1.165) is 38.8 Å². The van der Waals surface area contributed by atoms with Crippen LogP contribution in [0, 0.1) is 5.92 Å². The highest BCUT2D eigenvalue weighted by atomic mass is 127. The predicted octanol–water partition coefficient (Wildman–Crippen LogP) is 2.60. The van der Waals surface area contributed by atoms with Gasteiger partial charge in [-0.15, -0.1) is 0 Å². The van der Waals surface area contributed by atoms with Crippen LogP contribution in [-0.2, 0) is 4.79 Å². The lowest BCUT2D eigenvalue weighted by Crippen LogP contribution is -2.46. The second kappa shape index (κ2) is 3.99. The highest BCUT2D eigenvalue weighted by Gasteiger charge is 2.34. The van der Waals surface area contributed by atoms with Crippen molar-refractivity contribution in [2.45, 2.75) is 42.4 Å². The van der Waals surface area contributed by atoms with E-state index in [0.29, 0.717) is 15.2 Å². The van der Waals surface area contributed by atoms with Gasteiger partial charge in [-0.25, -0.2) is 0 Å². The van der Waals surface area contributed by atoms with Gasteiger partial charge >= 0.3 is 0 Å². The summed E-state index contributed by atoms with van der Waals surface area (Å²) in [6.45, 7) is 4.25. The van der Waals surface area contributed by atoms with Gasteiger partial charge in [0.15, 0.2) is 0 Å². The van der Waals surface area contributed by atoms with Crippen molar-refractivity contribution < 1.29 is 4.79 Å². The Morgan fingerprint density at radius 3 is 2.36 bits per heavy atom. The maximum atomic E-state index is 11.9. The van der Waals surface area contributed by atoms with Crippen LogP contribution in [0.1, 0.15) is 39.0 Å². The molecule has 2 fully saturated rings. The molecule has 0 aromatic carbocycles. The minimum absolute atomic E-state index is 0.383. The maximum absolute atomic E-state index is 11.9. The van der Waals surface area contributed by atoms with Crippen molar-refractivity contribution in [1.29, 1.82) is 0 Å². The van der Waals surface area contributed by atoms with Crippen LogP contribution < -0.4 is 0 Å². The minimum atomic E-state index is 0.383. The highest BCUT2D eigenvalue weighted by molar-refractivity contribution is 14.1. The third-order valence-corrected chi connectivity index (χ3v) is 4.65. The van der Waals surface area contributed by atoms with Crippen LogP contribution in [0.2, 0.25) is 0 Å². The summed E-state index contributed by atoms with van der Waals surface area (Å²) < 4.78 is 0.425. The van der Waals surface area contributed by atoms with Crippen LogP contribution in [0.5, 0.6) is 0 Å². The van der Waals surface area contributed by atoms with E-state index in [1.807, 2.05) is 0 Å². The zero-order valence-corrected chi connectivity index (χ0v) is 10.9. The van der Waals surface area contributed by atoms with Crippen molar-refractivity contribution in [2.75, 3.05) is 13.1 Å². The molecule has 3 heteroatoms. The zero-order chi connectivity index (χ0) is 10.2. The number of carbonyl (C=O) groups excluding carboxylic acids is 1. The van der Waals surface area contributed by atoms with Crippen LogP contribution in [0.15, 0.2) is 0 Å². The summed E-state index contributed by atoms with van der Waals surface area (Å²) >= 11 is 2.53. The van der Waals surface area contributed by atoms with Gasteiger partial charge in [-0.1, -0.05) is 35.9 Å². The SMILES string of the molecule is CC1(I)CCN(C(=O)C2CCC2)CC1. The van der Waals surface area contributed by atoms with Gasteiger partial charge in [0.2, 0.25) is 5.91 Å². The largest absolute Gasteiger partial charge is 0.342 e. The lowest BCUT2D eigenvalue weighted by atomic mass is 9.83. The van der Waals surface area contributed by atoms with E-state index in [9.17, 15) is 4.79 Å². The third-order valence-electron chi connectivity index (χ3n) is 3.57. The first-order chi connectivity index (χ1) is 6.58. The summed E-state index contributed by atoms with van der Waals surface area (Å²) in [6, 6.07) is 0. The lowest BCUT2D eigenvalue weighted by Gasteiger charge is -2.39. The van der Waals surface area contributed by atoms with E-state index in [2.05, 4.69) is 34.4 Å². The molecule has 0 unspecified atom stereocenters. The van der Waals surface area contributed by atoms with E-state index in [4.69, 9.17) is 0 Å². The average molecular weight is 307 g/mol. The molecule has 1 saturated carbocycles. The smallest absolute Gasteiger partial charge is 0.225 e. The fraction of sp³-hybridized carbons (Fsp3) is 0.909. The summed E-state index contributed by atoms with van der Waals surface area (Å²) in [5.41, 5.74) is 0. The quantitative estimate of drug-likeness (QED) is 0.539. The molecule has 1 heterocycles. The molecule has 0 atom stereocenters. The zero-order valence-electron chi connectivity index (χ0n) is 8.76. The Morgan fingerprint density at radius 1 is 1.36 bits per heavy atom. The molecule has 0 aromatic rings. The van der Waals surface area contributed by atoms with E-state index in [1.54, 1.807) is 0 Å². The van der Waals surface area contributed by atoms with Gasteiger partial charge in [-0.05, 0) is 25.7 Å². The molecule has 1 aliphatic carbocycles. The Balaban J connectivity index is 1.85. The van der Waals surface area contributed by atoms with Crippen LogP contribution >= 0.6 is 22.6 Å². The number of alkyl halides is 1. The molecule has 2 rings (SSSR count). The van der Waals surface area contributed by atoms with Gasteiger partial charge < -0.3 is 4.90 Å². The summed E-state index contributed by atoms with van der Waals surface area (Å²) in [5, 5.41) is 0. The number of piperidine rings is 1. The van der Waals surface area contributed by atoms with Crippen molar-refractivity contribution in [3.8, 4) is 0 Å². The molecule has 0 N–H and O–H groups in total. The second-order valence-electron chi connectivity index (χ2n) is 4.87. The molecule has 1 amide bonds. The molecule has 2 aliphatic rings. The Morgan fingerprint density at radius 2 is 1.93 bits per heavy atom. The summed E-state index contributed by atoms with van der Waals surface area (Å²) in [7, 11) is 0. The fourth-order valence-corrected chi connectivity index (χ4v) is 2.59. The van der Waals surface area contributed by atoms with Gasteiger partial charge in [-0.3, -0.25) is 4.79 Å². The Hall–Kier alpha value is 0.200. The number of nitrogens with zero attached hydrogens (tertiary/aromatic N) is 1. The van der Waals surface area contributed by atoms with E-state index in [-0.39, 0.29) is 0 Å². The number of amides is 1. The number of hydrogen-bond donors (Lipinski definition) is 0. The highest BCUT2D eigenvalue weighted by Crippen LogP contribution is 2.34. The maximum Gasteiger partial charge on any atom is 0.225 e. The first kappa shape index (κ1) is 10.7. The lowest BCUT2D eigenvalue weighted by molar-refractivity contribution is -0.139. The minimum Gasteiger partial charge on any atom is -0.342 e. The monoisotopic (exact) mass is 307 g/mol. The Labute approximate surface area is 99.6 Å². The normalized spacial score (nSPS) is 27.1. The van der Waals surface area contributed by atoms with E-state index in [1.165, 1.54) is 6.42 Å². The first-order valence-electron chi connectivity index (χ1n) is 5.56. The summed E-state index contributed by atoms with van der Waals surface area (Å²) in [5.74, 6) is 0.816. The number of carbonyl (C=O) groups is 1. The Bertz CT molecular complexity index is 225.